The fourth-order valence-electron chi connectivity index (χ4n) is 2.85. The third-order valence-electron chi connectivity index (χ3n) is 4.44. The van der Waals surface area contributed by atoms with Crippen LogP contribution in [0, 0.1) is 22.7 Å². The van der Waals surface area contributed by atoms with Crippen LogP contribution in [-0.2, 0) is 0 Å². The first-order valence-corrected chi connectivity index (χ1v) is 10.3. The highest BCUT2D eigenvalue weighted by atomic mass is 14.7. The van der Waals surface area contributed by atoms with Gasteiger partial charge in [-0.15, -0.1) is 0 Å². The van der Waals surface area contributed by atoms with Gasteiger partial charge < -0.3 is 0 Å². The predicted octanol–water partition coefficient (Wildman–Crippen LogP) is 6.90. The smallest absolute Gasteiger partial charge is 0.126 e. The fourth-order valence-corrected chi connectivity index (χ4v) is 2.85. The number of nitrogens with zero attached hydrogens (tertiary/aromatic N) is 3. The van der Waals surface area contributed by atoms with Crippen LogP contribution in [0.5, 0.6) is 0 Å². The standard InChI is InChI=1S/C22H37N3/c1-2-3-4-5-6-7-8-9-10-11-12-13-14-15-18-25-19-16-17-22(20-23)21-24/h17,19H,2-16,18H2,1H3. The van der Waals surface area contributed by atoms with E-state index in [0.29, 0.717) is 6.42 Å². The molecule has 0 atom stereocenters. The molecule has 0 rings (SSSR count). The first kappa shape index (κ1) is 23.4. The van der Waals surface area contributed by atoms with Gasteiger partial charge in [-0.3, -0.25) is 4.99 Å². The molecule has 3 nitrogen and oxygen atoms in total. The molecule has 3 heteroatoms. The Hall–Kier alpha value is -1.61. The molecule has 0 aliphatic carbocycles. The third kappa shape index (κ3) is 18.6. The van der Waals surface area contributed by atoms with Crippen molar-refractivity contribution in [3.05, 3.63) is 11.6 Å². The van der Waals surface area contributed by atoms with Crippen LogP contribution in [-0.4, -0.2) is 12.8 Å². The van der Waals surface area contributed by atoms with Gasteiger partial charge in [0, 0.05) is 19.2 Å². The van der Waals surface area contributed by atoms with E-state index in [2.05, 4.69) is 11.9 Å². The molecule has 0 aromatic rings. The van der Waals surface area contributed by atoms with Crippen LogP contribution in [0.15, 0.2) is 16.6 Å². The molecule has 0 unspecified atom stereocenters. The minimum Gasteiger partial charge on any atom is -0.297 e. The Labute approximate surface area is 155 Å². The van der Waals surface area contributed by atoms with E-state index in [1.54, 1.807) is 12.3 Å². The summed E-state index contributed by atoms with van der Waals surface area (Å²) in [4.78, 5) is 4.32. The molecule has 0 saturated carbocycles. The van der Waals surface area contributed by atoms with Crippen molar-refractivity contribution in [3.8, 4) is 12.1 Å². The molecule has 0 aliphatic heterocycles. The van der Waals surface area contributed by atoms with Crippen LogP contribution in [0.4, 0.5) is 0 Å². The van der Waals surface area contributed by atoms with Crippen LogP contribution >= 0.6 is 0 Å². The Kier molecular flexibility index (Phi) is 19.1. The molecule has 0 aromatic carbocycles. The average Bonchev–Trinajstić information content (AvgIpc) is 2.64. The molecule has 25 heavy (non-hydrogen) atoms. The number of hydrogen-bond acceptors (Lipinski definition) is 3. The predicted molar refractivity (Wildman–Crippen MR) is 108 cm³/mol. The summed E-state index contributed by atoms with van der Waals surface area (Å²) in [6, 6.07) is 3.69. The number of hydrogen-bond donors (Lipinski definition) is 0. The summed E-state index contributed by atoms with van der Waals surface area (Å²) in [5, 5.41) is 17.2. The maximum atomic E-state index is 8.58. The lowest BCUT2D eigenvalue weighted by molar-refractivity contribution is 0.536. The lowest BCUT2D eigenvalue weighted by atomic mass is 10.0. The quantitative estimate of drug-likeness (QED) is 0.164. The van der Waals surface area contributed by atoms with Crippen LogP contribution < -0.4 is 0 Å². The molecule has 0 heterocycles. The Morgan fingerprint density at radius 1 is 0.720 bits per heavy atom. The van der Waals surface area contributed by atoms with Gasteiger partial charge in [-0.1, -0.05) is 96.5 Å². The maximum Gasteiger partial charge on any atom is 0.126 e. The number of unbranched alkanes of at least 4 members (excludes halogenated alkanes) is 13. The minimum absolute atomic E-state index is 0.169. The van der Waals surface area contributed by atoms with E-state index in [1.807, 2.05) is 12.1 Å². The van der Waals surface area contributed by atoms with Gasteiger partial charge in [-0.2, -0.15) is 10.5 Å². The summed E-state index contributed by atoms with van der Waals surface area (Å²) in [5.74, 6) is 0. The van der Waals surface area contributed by atoms with Crippen LogP contribution in [0.2, 0.25) is 0 Å². The minimum atomic E-state index is 0.169. The number of nitriles is 2. The van der Waals surface area contributed by atoms with Crippen molar-refractivity contribution < 1.29 is 0 Å². The first-order chi connectivity index (χ1) is 12.3. The molecule has 0 amide bonds. The summed E-state index contributed by atoms with van der Waals surface area (Å²) < 4.78 is 0. The van der Waals surface area contributed by atoms with Gasteiger partial charge in [-0.25, -0.2) is 0 Å². The van der Waals surface area contributed by atoms with Crippen molar-refractivity contribution in [1.82, 2.24) is 0 Å². The second-order valence-corrected chi connectivity index (χ2v) is 6.76. The largest absolute Gasteiger partial charge is 0.297 e. The summed E-state index contributed by atoms with van der Waals surface area (Å²) >= 11 is 0. The fraction of sp³-hybridized carbons (Fsp3) is 0.773. The zero-order valence-corrected chi connectivity index (χ0v) is 16.3. The molecule has 0 aliphatic rings. The normalized spacial score (nSPS) is 10.5. The molecule has 140 valence electrons. The van der Waals surface area contributed by atoms with Crippen molar-refractivity contribution in [2.45, 2.75) is 103 Å². The lowest BCUT2D eigenvalue weighted by Gasteiger charge is -2.02. The number of aliphatic imine (C=N–C) groups is 1. The highest BCUT2D eigenvalue weighted by Crippen LogP contribution is 2.12. The monoisotopic (exact) mass is 343 g/mol. The number of allylic oxidation sites excluding steroid dienone is 2. The van der Waals surface area contributed by atoms with E-state index in [4.69, 9.17) is 10.5 Å². The Morgan fingerprint density at radius 2 is 1.16 bits per heavy atom. The van der Waals surface area contributed by atoms with E-state index >= 15 is 0 Å². The first-order valence-electron chi connectivity index (χ1n) is 10.3. The Balaban J connectivity index is 3.21. The van der Waals surface area contributed by atoms with Crippen molar-refractivity contribution in [1.29, 1.82) is 10.5 Å². The van der Waals surface area contributed by atoms with Crippen LogP contribution in [0.25, 0.3) is 0 Å². The highest BCUT2D eigenvalue weighted by Gasteiger charge is 1.94. The van der Waals surface area contributed by atoms with Crippen molar-refractivity contribution in [2.75, 3.05) is 6.54 Å². The van der Waals surface area contributed by atoms with Gasteiger partial charge in [0.05, 0.1) is 0 Å². The second-order valence-electron chi connectivity index (χ2n) is 6.76. The second kappa shape index (κ2) is 20.4. The maximum absolute atomic E-state index is 8.58. The van der Waals surface area contributed by atoms with Gasteiger partial charge in [0.15, 0.2) is 0 Å². The van der Waals surface area contributed by atoms with E-state index in [0.717, 1.165) is 13.0 Å². The summed E-state index contributed by atoms with van der Waals surface area (Å²) in [6.45, 7) is 3.14. The van der Waals surface area contributed by atoms with Crippen molar-refractivity contribution in [2.24, 2.45) is 4.99 Å². The van der Waals surface area contributed by atoms with Crippen molar-refractivity contribution >= 4 is 6.21 Å². The van der Waals surface area contributed by atoms with E-state index in [9.17, 15) is 0 Å². The highest BCUT2D eigenvalue weighted by molar-refractivity contribution is 5.60. The van der Waals surface area contributed by atoms with E-state index in [-0.39, 0.29) is 5.57 Å². The lowest BCUT2D eigenvalue weighted by Crippen LogP contribution is -1.85. The van der Waals surface area contributed by atoms with Gasteiger partial charge >= 0.3 is 0 Å². The van der Waals surface area contributed by atoms with Crippen LogP contribution in [0.3, 0.4) is 0 Å². The Morgan fingerprint density at radius 3 is 1.60 bits per heavy atom. The van der Waals surface area contributed by atoms with Crippen molar-refractivity contribution in [3.63, 3.8) is 0 Å². The van der Waals surface area contributed by atoms with Gasteiger partial charge in [0.2, 0.25) is 0 Å². The third-order valence-corrected chi connectivity index (χ3v) is 4.44. The molecule has 0 N–H and O–H groups in total. The molecule has 0 fully saturated rings. The Bertz CT molecular complexity index is 408. The zero-order valence-electron chi connectivity index (χ0n) is 16.3. The van der Waals surface area contributed by atoms with E-state index < -0.39 is 0 Å². The number of rotatable bonds is 17. The summed E-state index contributed by atoms with van der Waals surface area (Å²) in [7, 11) is 0. The topological polar surface area (TPSA) is 59.9 Å². The molecule has 0 saturated heterocycles. The molecule has 0 aromatic heterocycles. The summed E-state index contributed by atoms with van der Waals surface area (Å²) in [6.07, 6.45) is 23.2. The molecular formula is C22H37N3. The molecule has 0 bridgehead atoms. The van der Waals surface area contributed by atoms with Gasteiger partial charge in [0.25, 0.3) is 0 Å². The summed E-state index contributed by atoms with van der Waals surface area (Å²) in [5.41, 5.74) is 0.169. The SMILES string of the molecule is CCCCCCCCCCCCCCCCN=CCC=C(C#N)C#N. The average molecular weight is 344 g/mol. The van der Waals surface area contributed by atoms with Crippen LogP contribution in [0.1, 0.15) is 103 Å². The molecule has 0 spiro atoms. The zero-order chi connectivity index (χ0) is 18.4. The molecular weight excluding hydrogens is 306 g/mol. The molecule has 0 radical (unpaired) electrons. The van der Waals surface area contributed by atoms with Gasteiger partial charge in [0.1, 0.15) is 17.7 Å². The van der Waals surface area contributed by atoms with Gasteiger partial charge in [-0.05, 0) is 6.42 Å². The van der Waals surface area contributed by atoms with E-state index in [1.165, 1.54) is 83.5 Å².